The van der Waals surface area contributed by atoms with E-state index < -0.39 is 6.04 Å². The number of nitrogens with one attached hydrogen (secondary N) is 2. The molecule has 2 aromatic rings. The molecule has 0 bridgehead atoms. The maximum atomic E-state index is 13.7. The molecule has 1 unspecified atom stereocenters. The Kier molecular flexibility index (Phi) is 9.44. The molecule has 1 heterocycles. The molecule has 1 atom stereocenters. The summed E-state index contributed by atoms with van der Waals surface area (Å²) in [5.74, 6) is -0.454. The number of amides is 3. The number of nitrogens with zero attached hydrogens (tertiary/aromatic N) is 1. The van der Waals surface area contributed by atoms with Gasteiger partial charge in [-0.15, -0.1) is 0 Å². The smallest absolute Gasteiger partial charge is 0.251 e. The Labute approximate surface area is 212 Å². The molecule has 0 aliphatic carbocycles. The Morgan fingerprint density at radius 3 is 2.33 bits per heavy atom. The number of likely N-dealkylation sites (tertiary alicyclic amines) is 1. The molecule has 1 aliphatic rings. The molecule has 3 amide bonds. The number of halogens is 1. The molecule has 2 N–H and O–H groups in total. The Balaban J connectivity index is 1.51. The Morgan fingerprint density at radius 2 is 1.75 bits per heavy atom. The molecule has 1 aliphatic heterocycles. The van der Waals surface area contributed by atoms with Crippen LogP contribution in [0.5, 0.6) is 5.75 Å². The van der Waals surface area contributed by atoms with Crippen LogP contribution in [0.4, 0.5) is 4.39 Å². The summed E-state index contributed by atoms with van der Waals surface area (Å²) in [7, 11) is 0. The van der Waals surface area contributed by atoms with Gasteiger partial charge in [0.25, 0.3) is 5.91 Å². The lowest BCUT2D eigenvalue weighted by atomic mass is 9.94. The Morgan fingerprint density at radius 1 is 1.08 bits per heavy atom. The molecule has 0 spiro atoms. The van der Waals surface area contributed by atoms with Gasteiger partial charge < -0.3 is 20.3 Å². The van der Waals surface area contributed by atoms with Gasteiger partial charge in [-0.1, -0.05) is 26.0 Å². The van der Waals surface area contributed by atoms with Crippen LogP contribution in [0, 0.1) is 24.6 Å². The van der Waals surface area contributed by atoms with Crippen molar-refractivity contribution in [2.75, 3.05) is 19.7 Å². The van der Waals surface area contributed by atoms with Gasteiger partial charge in [-0.2, -0.15) is 0 Å². The number of carbonyl (C=O) groups excluding carboxylic acids is 3. The first-order valence-electron chi connectivity index (χ1n) is 12.5. The van der Waals surface area contributed by atoms with E-state index in [9.17, 15) is 18.8 Å². The summed E-state index contributed by atoms with van der Waals surface area (Å²) in [6.45, 7) is 9.08. The highest BCUT2D eigenvalue weighted by Gasteiger charge is 2.33. The zero-order valence-electron chi connectivity index (χ0n) is 21.5. The molecule has 0 saturated carbocycles. The lowest BCUT2D eigenvalue weighted by molar-refractivity contribution is -0.138. The van der Waals surface area contributed by atoms with Gasteiger partial charge in [0.15, 0.2) is 0 Å². The van der Waals surface area contributed by atoms with Crippen LogP contribution < -0.4 is 15.4 Å². The number of hydrogen-bond donors (Lipinski definition) is 2. The van der Waals surface area contributed by atoms with Crippen molar-refractivity contribution in [1.82, 2.24) is 15.5 Å². The lowest BCUT2D eigenvalue weighted by Crippen LogP contribution is -2.53. The number of ether oxygens (including phenoxy) is 1. The predicted octanol–water partition coefficient (Wildman–Crippen LogP) is 3.84. The summed E-state index contributed by atoms with van der Waals surface area (Å²) in [4.78, 5) is 40.4. The molecule has 2 aromatic carbocycles. The second-order valence-corrected chi connectivity index (χ2v) is 9.55. The molecule has 8 heteroatoms. The van der Waals surface area contributed by atoms with Gasteiger partial charge in [0, 0.05) is 31.1 Å². The van der Waals surface area contributed by atoms with E-state index in [2.05, 4.69) is 10.6 Å². The Bertz CT molecular complexity index is 1060. The van der Waals surface area contributed by atoms with Crippen LogP contribution in [-0.2, 0) is 16.1 Å². The van der Waals surface area contributed by atoms with Crippen LogP contribution in [0.1, 0.15) is 55.1 Å². The van der Waals surface area contributed by atoms with E-state index in [1.807, 2.05) is 20.8 Å². The van der Waals surface area contributed by atoms with Gasteiger partial charge in [0.2, 0.25) is 11.8 Å². The average Bonchev–Trinajstić information content (AvgIpc) is 2.87. The standard InChI is InChI=1S/C28H36FN3O4/c1-5-36-23-10-8-21(9-11-23)27(34)31-25(18(2)3)28(35)32-14-12-22(13-15-32)26(33)30-17-20-7-6-19(4)24(29)16-20/h6-11,16,18,22,25H,5,12-15,17H2,1-4H3,(H,30,33)(H,31,34). The monoisotopic (exact) mass is 497 g/mol. The van der Waals surface area contributed by atoms with Crippen LogP contribution >= 0.6 is 0 Å². The van der Waals surface area contributed by atoms with Gasteiger partial charge in [-0.25, -0.2) is 4.39 Å². The molecule has 1 saturated heterocycles. The quantitative estimate of drug-likeness (QED) is 0.551. The first-order valence-corrected chi connectivity index (χ1v) is 12.5. The SMILES string of the molecule is CCOc1ccc(C(=O)NC(C(=O)N2CCC(C(=O)NCc3ccc(C)c(F)c3)CC2)C(C)C)cc1. The average molecular weight is 498 g/mol. The maximum absolute atomic E-state index is 13.7. The van der Waals surface area contributed by atoms with E-state index in [1.165, 1.54) is 6.07 Å². The van der Waals surface area contributed by atoms with E-state index in [4.69, 9.17) is 4.74 Å². The van der Waals surface area contributed by atoms with E-state index >= 15 is 0 Å². The second kappa shape index (κ2) is 12.5. The third-order valence-electron chi connectivity index (χ3n) is 6.53. The second-order valence-electron chi connectivity index (χ2n) is 9.55. The van der Waals surface area contributed by atoms with E-state index in [1.54, 1.807) is 48.2 Å². The molecular weight excluding hydrogens is 461 g/mol. The predicted molar refractivity (Wildman–Crippen MR) is 136 cm³/mol. The third-order valence-corrected chi connectivity index (χ3v) is 6.53. The zero-order chi connectivity index (χ0) is 26.2. The highest BCUT2D eigenvalue weighted by Crippen LogP contribution is 2.20. The summed E-state index contributed by atoms with van der Waals surface area (Å²) in [6.07, 6.45) is 1.08. The van der Waals surface area contributed by atoms with Gasteiger partial charge in [-0.3, -0.25) is 14.4 Å². The number of carbonyl (C=O) groups is 3. The number of benzene rings is 2. The van der Waals surface area contributed by atoms with Crippen LogP contribution in [0.3, 0.4) is 0 Å². The molecule has 7 nitrogen and oxygen atoms in total. The zero-order valence-corrected chi connectivity index (χ0v) is 21.5. The van der Waals surface area contributed by atoms with Gasteiger partial charge in [-0.05, 0) is 74.1 Å². The first-order chi connectivity index (χ1) is 17.2. The van der Waals surface area contributed by atoms with Crippen molar-refractivity contribution in [2.45, 2.75) is 53.1 Å². The van der Waals surface area contributed by atoms with Crippen LogP contribution in [0.2, 0.25) is 0 Å². The lowest BCUT2D eigenvalue weighted by Gasteiger charge is -2.35. The number of piperidine rings is 1. The minimum absolute atomic E-state index is 0.0905. The summed E-state index contributed by atoms with van der Waals surface area (Å²) >= 11 is 0. The van der Waals surface area contributed by atoms with E-state index in [0.29, 0.717) is 55.0 Å². The highest BCUT2D eigenvalue weighted by molar-refractivity contribution is 5.97. The van der Waals surface area contributed by atoms with Gasteiger partial charge in [0.05, 0.1) is 6.61 Å². The van der Waals surface area contributed by atoms with Crippen molar-refractivity contribution < 1.29 is 23.5 Å². The number of hydrogen-bond acceptors (Lipinski definition) is 4. The van der Waals surface area contributed by atoms with E-state index in [0.717, 1.165) is 0 Å². The van der Waals surface area contributed by atoms with Crippen molar-refractivity contribution in [1.29, 1.82) is 0 Å². The maximum Gasteiger partial charge on any atom is 0.251 e. The highest BCUT2D eigenvalue weighted by atomic mass is 19.1. The Hall–Kier alpha value is -3.42. The van der Waals surface area contributed by atoms with E-state index in [-0.39, 0.29) is 41.9 Å². The summed E-state index contributed by atoms with van der Waals surface area (Å²) in [5, 5.41) is 5.76. The molecule has 0 radical (unpaired) electrons. The summed E-state index contributed by atoms with van der Waals surface area (Å²) < 4.78 is 19.2. The van der Waals surface area contributed by atoms with Crippen molar-refractivity contribution >= 4 is 17.7 Å². The van der Waals surface area contributed by atoms with Crippen LogP contribution in [0.15, 0.2) is 42.5 Å². The molecular formula is C28H36FN3O4. The summed E-state index contributed by atoms with van der Waals surface area (Å²) in [5.41, 5.74) is 1.74. The molecule has 36 heavy (non-hydrogen) atoms. The normalized spacial score (nSPS) is 14.9. The minimum atomic E-state index is -0.661. The fraction of sp³-hybridized carbons (Fsp3) is 0.464. The molecule has 0 aromatic heterocycles. The van der Waals surface area contributed by atoms with Crippen molar-refractivity contribution in [3.05, 3.63) is 65.0 Å². The molecule has 3 rings (SSSR count). The van der Waals surface area contributed by atoms with Crippen LogP contribution in [-0.4, -0.2) is 48.4 Å². The van der Waals surface area contributed by atoms with Crippen molar-refractivity contribution in [3.63, 3.8) is 0 Å². The molecule has 1 fully saturated rings. The van der Waals surface area contributed by atoms with Gasteiger partial charge >= 0.3 is 0 Å². The summed E-state index contributed by atoms with van der Waals surface area (Å²) in [6, 6.07) is 11.1. The third kappa shape index (κ3) is 7.06. The fourth-order valence-corrected chi connectivity index (χ4v) is 4.25. The van der Waals surface area contributed by atoms with Crippen molar-refractivity contribution in [3.8, 4) is 5.75 Å². The van der Waals surface area contributed by atoms with Crippen molar-refractivity contribution in [2.24, 2.45) is 11.8 Å². The van der Waals surface area contributed by atoms with Crippen LogP contribution in [0.25, 0.3) is 0 Å². The first kappa shape index (κ1) is 27.2. The fourth-order valence-electron chi connectivity index (χ4n) is 4.25. The van der Waals surface area contributed by atoms with Gasteiger partial charge in [0.1, 0.15) is 17.6 Å². The topological polar surface area (TPSA) is 87.7 Å². The molecule has 194 valence electrons. The number of rotatable bonds is 9. The minimum Gasteiger partial charge on any atom is -0.494 e. The largest absolute Gasteiger partial charge is 0.494 e. The number of aryl methyl sites for hydroxylation is 1.